The third-order valence-corrected chi connectivity index (χ3v) is 4.34. The second-order valence-corrected chi connectivity index (χ2v) is 6.07. The van der Waals surface area contributed by atoms with Gasteiger partial charge in [-0.25, -0.2) is 0 Å². The Kier molecular flexibility index (Phi) is 5.19. The summed E-state index contributed by atoms with van der Waals surface area (Å²) in [6.45, 7) is 1.43. The fourth-order valence-corrected chi connectivity index (χ4v) is 4.66. The van der Waals surface area contributed by atoms with Crippen molar-refractivity contribution in [1.29, 1.82) is 0 Å². The number of hydrogen-bond donors (Lipinski definition) is 0. The van der Waals surface area contributed by atoms with Crippen molar-refractivity contribution in [2.24, 2.45) is 0 Å². The molecule has 0 aromatic heterocycles. The number of halogens is 4. The van der Waals surface area contributed by atoms with Crippen LogP contribution in [0.3, 0.4) is 0 Å². The standard InChI is InChI=1S/C10H7Br3ClNO2/c1-4(16)15(2)9-6(12)3-5(11)7(8(9)13)10(14)17/h3H,1-2H3. The van der Waals surface area contributed by atoms with Crippen molar-refractivity contribution >= 4 is 76.2 Å². The van der Waals surface area contributed by atoms with Crippen LogP contribution in [0, 0.1) is 0 Å². The number of nitrogens with zero attached hydrogens (tertiary/aromatic N) is 1. The van der Waals surface area contributed by atoms with Crippen LogP contribution in [0.1, 0.15) is 17.3 Å². The van der Waals surface area contributed by atoms with Crippen LogP contribution in [0.2, 0.25) is 0 Å². The highest BCUT2D eigenvalue weighted by atomic mass is 79.9. The highest BCUT2D eigenvalue weighted by Gasteiger charge is 2.22. The van der Waals surface area contributed by atoms with Crippen LogP contribution in [0.5, 0.6) is 0 Å². The smallest absolute Gasteiger partial charge is 0.254 e. The van der Waals surface area contributed by atoms with Crippen molar-refractivity contribution in [3.8, 4) is 0 Å². The van der Waals surface area contributed by atoms with Gasteiger partial charge < -0.3 is 4.90 Å². The van der Waals surface area contributed by atoms with Crippen molar-refractivity contribution < 1.29 is 9.59 Å². The molecule has 0 saturated carbocycles. The minimum absolute atomic E-state index is 0.151. The average molecular weight is 448 g/mol. The molecule has 1 aromatic rings. The summed E-state index contributed by atoms with van der Waals surface area (Å²) in [6, 6.07) is 1.68. The van der Waals surface area contributed by atoms with Crippen molar-refractivity contribution in [2.45, 2.75) is 6.92 Å². The van der Waals surface area contributed by atoms with Gasteiger partial charge in [-0.1, -0.05) is 0 Å². The molecule has 0 atom stereocenters. The third kappa shape index (κ3) is 3.10. The third-order valence-electron chi connectivity index (χ3n) is 2.15. The molecule has 3 nitrogen and oxygen atoms in total. The van der Waals surface area contributed by atoms with Crippen molar-refractivity contribution in [2.75, 3.05) is 11.9 Å². The van der Waals surface area contributed by atoms with E-state index in [0.29, 0.717) is 19.1 Å². The Labute approximate surface area is 129 Å². The number of rotatable bonds is 2. The van der Waals surface area contributed by atoms with Crippen molar-refractivity contribution in [3.05, 3.63) is 25.0 Å². The number of carbonyl (C=O) groups excluding carboxylic acids is 2. The monoisotopic (exact) mass is 445 g/mol. The van der Waals surface area contributed by atoms with Gasteiger partial charge >= 0.3 is 0 Å². The first-order valence-electron chi connectivity index (χ1n) is 4.39. The maximum Gasteiger partial charge on any atom is 0.254 e. The zero-order valence-electron chi connectivity index (χ0n) is 8.85. The Hall–Kier alpha value is 0.0900. The van der Waals surface area contributed by atoms with Crippen LogP contribution >= 0.6 is 59.4 Å². The van der Waals surface area contributed by atoms with E-state index in [4.69, 9.17) is 11.6 Å². The summed E-state index contributed by atoms with van der Waals surface area (Å²) in [4.78, 5) is 24.1. The fourth-order valence-electron chi connectivity index (χ4n) is 1.22. The molecule has 0 radical (unpaired) electrons. The molecule has 7 heteroatoms. The van der Waals surface area contributed by atoms with Crippen molar-refractivity contribution in [3.63, 3.8) is 0 Å². The quantitative estimate of drug-likeness (QED) is 0.632. The van der Waals surface area contributed by atoms with Gasteiger partial charge in [-0.05, 0) is 65.5 Å². The minimum atomic E-state index is -0.602. The molecular formula is C10H7Br3ClNO2. The summed E-state index contributed by atoms with van der Waals surface area (Å²) in [5.74, 6) is -0.151. The minimum Gasteiger partial charge on any atom is -0.314 e. The van der Waals surface area contributed by atoms with Gasteiger partial charge in [0.1, 0.15) is 0 Å². The molecule has 0 heterocycles. The van der Waals surface area contributed by atoms with Crippen LogP contribution in [-0.2, 0) is 4.79 Å². The SMILES string of the molecule is CC(=O)N(C)c1c(Br)cc(Br)c(C(=O)Cl)c1Br. The van der Waals surface area contributed by atoms with Crippen LogP contribution in [0.4, 0.5) is 5.69 Å². The zero-order valence-corrected chi connectivity index (χ0v) is 14.4. The average Bonchev–Trinajstić information content (AvgIpc) is 2.15. The van der Waals surface area contributed by atoms with Crippen LogP contribution in [0.25, 0.3) is 0 Å². The van der Waals surface area contributed by atoms with E-state index in [2.05, 4.69) is 47.8 Å². The lowest BCUT2D eigenvalue weighted by Gasteiger charge is -2.20. The van der Waals surface area contributed by atoms with Gasteiger partial charge in [0.2, 0.25) is 5.91 Å². The molecule has 0 bridgehead atoms. The van der Waals surface area contributed by atoms with E-state index in [-0.39, 0.29) is 11.5 Å². The largest absolute Gasteiger partial charge is 0.314 e. The predicted molar refractivity (Wildman–Crippen MR) is 78.8 cm³/mol. The summed E-state index contributed by atoms with van der Waals surface area (Å²) < 4.78 is 1.70. The molecule has 0 aliphatic carbocycles. The lowest BCUT2D eigenvalue weighted by atomic mass is 10.2. The van der Waals surface area contributed by atoms with Gasteiger partial charge in [-0.15, -0.1) is 0 Å². The second kappa shape index (κ2) is 5.82. The molecule has 17 heavy (non-hydrogen) atoms. The highest BCUT2D eigenvalue weighted by molar-refractivity contribution is 9.11. The summed E-state index contributed by atoms with van der Waals surface area (Å²) >= 11 is 15.4. The van der Waals surface area contributed by atoms with Crippen LogP contribution in [0.15, 0.2) is 19.5 Å². The summed E-state index contributed by atoms with van der Waals surface area (Å²) in [5.41, 5.74) is 0.850. The normalized spacial score (nSPS) is 10.2. The lowest BCUT2D eigenvalue weighted by Crippen LogP contribution is -2.24. The number of benzene rings is 1. The number of amides is 1. The summed E-state index contributed by atoms with van der Waals surface area (Å²) in [7, 11) is 1.61. The topological polar surface area (TPSA) is 37.4 Å². The fraction of sp³-hybridized carbons (Fsp3) is 0.200. The molecular weight excluding hydrogens is 441 g/mol. The Morgan fingerprint density at radius 2 is 1.76 bits per heavy atom. The second-order valence-electron chi connectivity index (χ2n) is 3.23. The van der Waals surface area contributed by atoms with Crippen molar-refractivity contribution in [1.82, 2.24) is 0 Å². The van der Waals surface area contributed by atoms with E-state index in [1.807, 2.05) is 0 Å². The molecule has 1 amide bonds. The zero-order chi connectivity index (χ0) is 13.3. The molecule has 0 saturated heterocycles. The number of hydrogen-bond acceptors (Lipinski definition) is 2. The van der Waals surface area contributed by atoms with Gasteiger partial charge in [-0.3, -0.25) is 9.59 Å². The van der Waals surface area contributed by atoms with Gasteiger partial charge in [0.25, 0.3) is 5.24 Å². The maximum atomic E-state index is 11.4. The van der Waals surface area contributed by atoms with E-state index in [1.165, 1.54) is 11.8 Å². The first-order chi connectivity index (χ1) is 7.77. The number of carbonyl (C=O) groups is 2. The first-order valence-corrected chi connectivity index (χ1v) is 7.14. The van der Waals surface area contributed by atoms with Gasteiger partial charge in [-0.2, -0.15) is 0 Å². The molecule has 0 spiro atoms. The van der Waals surface area contributed by atoms with Gasteiger partial charge in [0, 0.05) is 22.9 Å². The lowest BCUT2D eigenvalue weighted by molar-refractivity contribution is -0.116. The Bertz CT molecular complexity index is 505. The molecule has 0 aliphatic rings. The van der Waals surface area contributed by atoms with Gasteiger partial charge in [0.05, 0.1) is 15.7 Å². The van der Waals surface area contributed by atoms with E-state index < -0.39 is 5.24 Å². The Morgan fingerprint density at radius 1 is 1.24 bits per heavy atom. The van der Waals surface area contributed by atoms with Gasteiger partial charge in [0.15, 0.2) is 0 Å². The molecule has 1 rings (SSSR count). The van der Waals surface area contributed by atoms with E-state index in [9.17, 15) is 9.59 Å². The Morgan fingerprint density at radius 3 is 2.18 bits per heavy atom. The van der Waals surface area contributed by atoms with E-state index in [1.54, 1.807) is 13.1 Å². The molecule has 1 aromatic carbocycles. The van der Waals surface area contributed by atoms with Crippen LogP contribution in [-0.4, -0.2) is 18.2 Å². The van der Waals surface area contributed by atoms with Crippen LogP contribution < -0.4 is 4.90 Å². The number of anilines is 1. The molecule has 0 aliphatic heterocycles. The molecule has 0 N–H and O–H groups in total. The highest BCUT2D eigenvalue weighted by Crippen LogP contribution is 2.41. The maximum absolute atomic E-state index is 11.4. The molecule has 0 fully saturated rings. The van der Waals surface area contributed by atoms with E-state index >= 15 is 0 Å². The molecule has 92 valence electrons. The summed E-state index contributed by atoms with van der Waals surface area (Å²) in [6.07, 6.45) is 0. The molecule has 0 unspecified atom stereocenters. The Balaban J connectivity index is 3.57. The first kappa shape index (κ1) is 15.1. The predicted octanol–water partition coefficient (Wildman–Crippen LogP) is 4.34. The van der Waals surface area contributed by atoms with E-state index in [0.717, 1.165) is 0 Å². The summed E-state index contributed by atoms with van der Waals surface area (Å²) in [5, 5.41) is -0.602.